The highest BCUT2D eigenvalue weighted by atomic mass is 16.5. The molecule has 134 valence electrons. The second-order valence-electron chi connectivity index (χ2n) is 6.62. The molecule has 2 aliphatic rings. The first kappa shape index (κ1) is 17.4. The van der Waals surface area contributed by atoms with Crippen molar-refractivity contribution in [3.63, 3.8) is 0 Å². The van der Waals surface area contributed by atoms with E-state index in [4.69, 9.17) is 9.84 Å². The fourth-order valence-electron chi connectivity index (χ4n) is 3.34. The Hall–Kier alpha value is -2.41. The van der Waals surface area contributed by atoms with Gasteiger partial charge in [-0.25, -0.2) is 0 Å². The third kappa shape index (κ3) is 3.99. The molecule has 2 saturated heterocycles. The van der Waals surface area contributed by atoms with Crippen LogP contribution in [0.4, 0.5) is 5.69 Å². The van der Waals surface area contributed by atoms with Gasteiger partial charge in [-0.1, -0.05) is 17.7 Å². The molecule has 1 aromatic rings. The molecule has 25 heavy (non-hydrogen) atoms. The van der Waals surface area contributed by atoms with Gasteiger partial charge in [0.15, 0.2) is 0 Å². The minimum absolute atomic E-state index is 0.0578. The van der Waals surface area contributed by atoms with Crippen LogP contribution in [0.25, 0.3) is 0 Å². The number of carbonyl (C=O) groups excluding carboxylic acids is 2. The molecule has 0 radical (unpaired) electrons. The fourth-order valence-corrected chi connectivity index (χ4v) is 3.34. The molecule has 2 aliphatic heterocycles. The van der Waals surface area contributed by atoms with Gasteiger partial charge in [-0.3, -0.25) is 14.4 Å². The standard InChI is InChI=1S/C18H22N2O5/c1-12-2-4-14(5-3-12)20-10-13(8-16(20)21)18(24)19-6-7-25-15(11-19)9-17(22)23/h2-5,13,15H,6-11H2,1H3,(H,22,23)/t13-,15-/m1/s1. The summed E-state index contributed by atoms with van der Waals surface area (Å²) in [5.41, 5.74) is 1.91. The number of aryl methyl sites for hydroxylation is 1. The van der Waals surface area contributed by atoms with Gasteiger partial charge < -0.3 is 19.6 Å². The average molecular weight is 346 g/mol. The number of carboxylic acid groups (broad SMARTS) is 1. The molecule has 1 N–H and O–H groups in total. The lowest BCUT2D eigenvalue weighted by Crippen LogP contribution is -2.48. The summed E-state index contributed by atoms with van der Waals surface area (Å²) in [4.78, 5) is 39.2. The number of anilines is 1. The zero-order chi connectivity index (χ0) is 18.0. The molecule has 3 rings (SSSR count). The number of carboxylic acids is 1. The second-order valence-corrected chi connectivity index (χ2v) is 6.62. The maximum absolute atomic E-state index is 12.8. The van der Waals surface area contributed by atoms with Crippen LogP contribution in [0.3, 0.4) is 0 Å². The highest BCUT2D eigenvalue weighted by Crippen LogP contribution is 2.27. The van der Waals surface area contributed by atoms with E-state index in [0.29, 0.717) is 19.7 Å². The zero-order valence-electron chi connectivity index (χ0n) is 14.2. The van der Waals surface area contributed by atoms with Crippen LogP contribution in [0.2, 0.25) is 0 Å². The lowest BCUT2D eigenvalue weighted by molar-refractivity contribution is -0.149. The SMILES string of the molecule is Cc1ccc(N2C[C@H](C(=O)N3CCO[C@H](CC(=O)O)C3)CC2=O)cc1. The van der Waals surface area contributed by atoms with Crippen LogP contribution in [0.15, 0.2) is 24.3 Å². The van der Waals surface area contributed by atoms with Crippen LogP contribution < -0.4 is 4.90 Å². The monoisotopic (exact) mass is 346 g/mol. The maximum atomic E-state index is 12.8. The van der Waals surface area contributed by atoms with E-state index in [0.717, 1.165) is 11.3 Å². The number of nitrogens with zero attached hydrogens (tertiary/aromatic N) is 2. The summed E-state index contributed by atoms with van der Waals surface area (Å²) in [6, 6.07) is 7.65. The highest BCUT2D eigenvalue weighted by molar-refractivity contribution is 6.00. The van der Waals surface area contributed by atoms with Crippen molar-refractivity contribution in [1.82, 2.24) is 4.90 Å². The molecule has 0 bridgehead atoms. The summed E-state index contributed by atoms with van der Waals surface area (Å²) < 4.78 is 5.40. The zero-order valence-corrected chi connectivity index (χ0v) is 14.2. The third-order valence-corrected chi connectivity index (χ3v) is 4.67. The predicted molar refractivity (Wildman–Crippen MR) is 90.2 cm³/mol. The van der Waals surface area contributed by atoms with Crippen LogP contribution in [0, 0.1) is 12.8 Å². The van der Waals surface area contributed by atoms with Gasteiger partial charge in [-0.05, 0) is 19.1 Å². The summed E-state index contributed by atoms with van der Waals surface area (Å²) in [6.07, 6.45) is -0.420. The minimum Gasteiger partial charge on any atom is -0.481 e. The molecule has 2 atom stereocenters. The number of ether oxygens (including phenoxy) is 1. The molecular formula is C18H22N2O5. The largest absolute Gasteiger partial charge is 0.481 e. The highest BCUT2D eigenvalue weighted by Gasteiger charge is 2.38. The smallest absolute Gasteiger partial charge is 0.306 e. The van der Waals surface area contributed by atoms with Crippen LogP contribution in [0.5, 0.6) is 0 Å². The Morgan fingerprint density at radius 3 is 2.64 bits per heavy atom. The Morgan fingerprint density at radius 2 is 1.96 bits per heavy atom. The van der Waals surface area contributed by atoms with Crippen molar-refractivity contribution in [2.45, 2.75) is 25.9 Å². The summed E-state index contributed by atoms with van der Waals surface area (Å²) in [5.74, 6) is -1.49. The topological polar surface area (TPSA) is 87.2 Å². The Bertz CT molecular complexity index is 673. The van der Waals surface area contributed by atoms with Crippen molar-refractivity contribution in [2.75, 3.05) is 31.1 Å². The molecule has 0 unspecified atom stereocenters. The van der Waals surface area contributed by atoms with Gasteiger partial charge in [0.2, 0.25) is 11.8 Å². The van der Waals surface area contributed by atoms with Crippen LogP contribution in [0.1, 0.15) is 18.4 Å². The normalized spacial score (nSPS) is 23.8. The molecule has 2 amide bonds. The predicted octanol–water partition coefficient (Wildman–Crippen LogP) is 1.05. The minimum atomic E-state index is -0.944. The van der Waals surface area contributed by atoms with E-state index in [1.165, 1.54) is 0 Å². The second kappa shape index (κ2) is 7.23. The van der Waals surface area contributed by atoms with E-state index in [2.05, 4.69) is 0 Å². The van der Waals surface area contributed by atoms with Crippen molar-refractivity contribution < 1.29 is 24.2 Å². The number of hydrogen-bond donors (Lipinski definition) is 1. The number of amides is 2. The molecule has 2 fully saturated rings. The number of benzene rings is 1. The average Bonchev–Trinajstić information content (AvgIpc) is 2.96. The van der Waals surface area contributed by atoms with Crippen molar-refractivity contribution in [1.29, 1.82) is 0 Å². The van der Waals surface area contributed by atoms with E-state index in [9.17, 15) is 14.4 Å². The first-order valence-electron chi connectivity index (χ1n) is 8.43. The van der Waals surface area contributed by atoms with Gasteiger partial charge >= 0.3 is 5.97 Å². The van der Waals surface area contributed by atoms with Crippen LogP contribution in [-0.2, 0) is 19.1 Å². The molecule has 0 aliphatic carbocycles. The van der Waals surface area contributed by atoms with E-state index < -0.39 is 18.0 Å². The van der Waals surface area contributed by atoms with E-state index in [1.807, 2.05) is 31.2 Å². The lowest BCUT2D eigenvalue weighted by atomic mass is 10.1. The number of carbonyl (C=O) groups is 3. The van der Waals surface area contributed by atoms with E-state index in [-0.39, 0.29) is 31.2 Å². The Kier molecular flexibility index (Phi) is 5.03. The number of rotatable bonds is 4. The molecule has 7 heteroatoms. The Morgan fingerprint density at radius 1 is 1.24 bits per heavy atom. The van der Waals surface area contributed by atoms with Crippen molar-refractivity contribution in [3.8, 4) is 0 Å². The van der Waals surface area contributed by atoms with E-state index in [1.54, 1.807) is 9.80 Å². The van der Waals surface area contributed by atoms with Gasteiger partial charge in [0.05, 0.1) is 25.0 Å². The van der Waals surface area contributed by atoms with Crippen molar-refractivity contribution in [2.24, 2.45) is 5.92 Å². The fraction of sp³-hybridized carbons (Fsp3) is 0.500. The number of aliphatic carboxylic acids is 1. The van der Waals surface area contributed by atoms with Gasteiger partial charge in [0, 0.05) is 31.7 Å². The van der Waals surface area contributed by atoms with Gasteiger partial charge in [0.1, 0.15) is 0 Å². The first-order chi connectivity index (χ1) is 11.9. The van der Waals surface area contributed by atoms with Gasteiger partial charge in [0.25, 0.3) is 0 Å². The first-order valence-corrected chi connectivity index (χ1v) is 8.43. The van der Waals surface area contributed by atoms with Gasteiger partial charge in [-0.15, -0.1) is 0 Å². The molecule has 0 saturated carbocycles. The van der Waals surface area contributed by atoms with Crippen molar-refractivity contribution >= 4 is 23.5 Å². The van der Waals surface area contributed by atoms with Crippen molar-refractivity contribution in [3.05, 3.63) is 29.8 Å². The Labute approximate surface area is 146 Å². The Balaban J connectivity index is 1.64. The number of hydrogen-bond acceptors (Lipinski definition) is 4. The maximum Gasteiger partial charge on any atom is 0.306 e. The van der Waals surface area contributed by atoms with Crippen LogP contribution in [-0.4, -0.2) is 60.1 Å². The molecule has 0 spiro atoms. The molecule has 1 aromatic carbocycles. The molecule has 2 heterocycles. The summed E-state index contributed by atoms with van der Waals surface area (Å²) in [7, 11) is 0. The molecular weight excluding hydrogens is 324 g/mol. The van der Waals surface area contributed by atoms with Gasteiger partial charge in [-0.2, -0.15) is 0 Å². The van der Waals surface area contributed by atoms with E-state index >= 15 is 0 Å². The van der Waals surface area contributed by atoms with Crippen LogP contribution >= 0.6 is 0 Å². The summed E-state index contributed by atoms with van der Waals surface area (Å²) in [5, 5.41) is 8.88. The number of morpholine rings is 1. The quantitative estimate of drug-likeness (QED) is 0.880. The third-order valence-electron chi connectivity index (χ3n) is 4.67. The lowest BCUT2D eigenvalue weighted by Gasteiger charge is -2.33. The summed E-state index contributed by atoms with van der Waals surface area (Å²) >= 11 is 0. The molecule has 7 nitrogen and oxygen atoms in total. The summed E-state index contributed by atoms with van der Waals surface area (Å²) in [6.45, 7) is 3.37. The molecule has 0 aromatic heterocycles.